The first-order valence-corrected chi connectivity index (χ1v) is 7.95. The Labute approximate surface area is 127 Å². The van der Waals surface area contributed by atoms with E-state index in [4.69, 9.17) is 5.73 Å². The van der Waals surface area contributed by atoms with Crippen LogP contribution in [0.4, 0.5) is 0 Å². The Morgan fingerprint density at radius 1 is 1.19 bits per heavy atom. The number of carbonyl (C=O) groups is 2. The minimum absolute atomic E-state index is 0.0620. The first kappa shape index (κ1) is 18.0. The van der Waals surface area contributed by atoms with Crippen molar-refractivity contribution in [3.8, 4) is 0 Å². The van der Waals surface area contributed by atoms with Crippen LogP contribution in [0.1, 0.15) is 72.1 Å². The van der Waals surface area contributed by atoms with Crippen LogP contribution in [-0.4, -0.2) is 28.6 Å². The third-order valence-corrected chi connectivity index (χ3v) is 4.07. The van der Waals surface area contributed by atoms with Gasteiger partial charge in [-0.05, 0) is 24.7 Å². The van der Waals surface area contributed by atoms with Gasteiger partial charge in [0.05, 0.1) is 0 Å². The van der Waals surface area contributed by atoms with E-state index in [0.29, 0.717) is 12.8 Å². The molecule has 1 fully saturated rings. The Morgan fingerprint density at radius 3 is 2.14 bits per heavy atom. The van der Waals surface area contributed by atoms with Gasteiger partial charge in [-0.15, -0.1) is 0 Å². The Bertz CT molecular complexity index is 366. The topological polar surface area (TPSA) is 92.4 Å². The number of hydrogen-bond acceptors (Lipinski definition) is 3. The summed E-state index contributed by atoms with van der Waals surface area (Å²) in [5.74, 6) is -1.15. The van der Waals surface area contributed by atoms with Gasteiger partial charge in [0, 0.05) is 12.5 Å². The quantitative estimate of drug-likeness (QED) is 0.680. The number of carboxylic acid groups (broad SMARTS) is 1. The fourth-order valence-electron chi connectivity index (χ4n) is 3.14. The van der Waals surface area contributed by atoms with Crippen LogP contribution in [0.15, 0.2) is 0 Å². The highest BCUT2D eigenvalue weighted by molar-refractivity contribution is 5.87. The largest absolute Gasteiger partial charge is 0.480 e. The molecule has 0 aliphatic heterocycles. The molecule has 4 N–H and O–H groups in total. The summed E-state index contributed by atoms with van der Waals surface area (Å²) in [4.78, 5) is 23.8. The van der Waals surface area contributed by atoms with Gasteiger partial charge in [0.2, 0.25) is 5.91 Å². The Balaban J connectivity index is 2.62. The standard InChI is InChI=1S/C16H30N2O3/c1-15(2,3)11-12(17)10-13(19)18-16(14(20)21)8-6-4-5-7-9-16/h12H,4-11,17H2,1-3H3,(H,18,19)(H,20,21). The van der Waals surface area contributed by atoms with Gasteiger partial charge >= 0.3 is 5.97 Å². The monoisotopic (exact) mass is 298 g/mol. The number of amides is 1. The number of nitrogens with one attached hydrogen (secondary N) is 1. The molecule has 1 saturated carbocycles. The summed E-state index contributed by atoms with van der Waals surface area (Å²) in [6.07, 6.45) is 5.72. The predicted molar refractivity (Wildman–Crippen MR) is 82.9 cm³/mol. The number of rotatable bonds is 5. The molecule has 0 aromatic carbocycles. The van der Waals surface area contributed by atoms with Crippen LogP contribution in [0.3, 0.4) is 0 Å². The molecule has 1 unspecified atom stereocenters. The van der Waals surface area contributed by atoms with Crippen LogP contribution in [0.5, 0.6) is 0 Å². The van der Waals surface area contributed by atoms with Crippen molar-refractivity contribution in [1.82, 2.24) is 5.32 Å². The maximum absolute atomic E-state index is 12.2. The smallest absolute Gasteiger partial charge is 0.329 e. The van der Waals surface area contributed by atoms with E-state index in [9.17, 15) is 14.7 Å². The van der Waals surface area contributed by atoms with E-state index in [0.717, 1.165) is 32.1 Å². The van der Waals surface area contributed by atoms with Crippen LogP contribution in [0.2, 0.25) is 0 Å². The summed E-state index contributed by atoms with van der Waals surface area (Å²) >= 11 is 0. The van der Waals surface area contributed by atoms with Gasteiger partial charge in [-0.2, -0.15) is 0 Å². The van der Waals surface area contributed by atoms with E-state index in [1.54, 1.807) is 0 Å². The lowest BCUT2D eigenvalue weighted by atomic mass is 9.86. The number of hydrogen-bond donors (Lipinski definition) is 3. The molecule has 0 heterocycles. The second kappa shape index (κ2) is 7.25. The van der Waals surface area contributed by atoms with Crippen molar-refractivity contribution in [2.75, 3.05) is 0 Å². The van der Waals surface area contributed by atoms with E-state index in [1.807, 2.05) is 0 Å². The van der Waals surface area contributed by atoms with Crippen molar-refractivity contribution in [1.29, 1.82) is 0 Å². The summed E-state index contributed by atoms with van der Waals surface area (Å²) in [7, 11) is 0. The zero-order valence-corrected chi connectivity index (χ0v) is 13.6. The van der Waals surface area contributed by atoms with Gasteiger partial charge in [-0.3, -0.25) is 4.79 Å². The Kier molecular flexibility index (Phi) is 6.20. The predicted octanol–water partition coefficient (Wildman–Crippen LogP) is 2.43. The molecule has 21 heavy (non-hydrogen) atoms. The summed E-state index contributed by atoms with van der Waals surface area (Å²) in [5, 5.41) is 12.3. The molecular weight excluding hydrogens is 268 g/mol. The van der Waals surface area contributed by atoms with Crippen molar-refractivity contribution in [3.63, 3.8) is 0 Å². The third-order valence-electron chi connectivity index (χ3n) is 4.07. The summed E-state index contributed by atoms with van der Waals surface area (Å²) < 4.78 is 0. The second-order valence-corrected chi connectivity index (χ2v) is 7.58. The highest BCUT2D eigenvalue weighted by atomic mass is 16.4. The molecule has 1 aliphatic rings. The van der Waals surface area contributed by atoms with Gasteiger partial charge in [0.1, 0.15) is 5.54 Å². The van der Waals surface area contributed by atoms with Crippen molar-refractivity contribution >= 4 is 11.9 Å². The maximum Gasteiger partial charge on any atom is 0.329 e. The molecular formula is C16H30N2O3. The minimum Gasteiger partial charge on any atom is -0.480 e. The molecule has 5 heteroatoms. The molecule has 0 aromatic rings. The molecule has 122 valence electrons. The van der Waals surface area contributed by atoms with Gasteiger partial charge < -0.3 is 16.2 Å². The van der Waals surface area contributed by atoms with E-state index >= 15 is 0 Å². The molecule has 5 nitrogen and oxygen atoms in total. The molecule has 0 bridgehead atoms. The highest BCUT2D eigenvalue weighted by Gasteiger charge is 2.40. The van der Waals surface area contributed by atoms with Gasteiger partial charge in [-0.1, -0.05) is 46.5 Å². The molecule has 0 spiro atoms. The number of nitrogens with two attached hydrogens (primary N) is 1. The molecule has 0 aromatic heterocycles. The van der Waals surface area contributed by atoms with Crippen LogP contribution in [0.25, 0.3) is 0 Å². The van der Waals surface area contributed by atoms with Gasteiger partial charge in [-0.25, -0.2) is 4.79 Å². The van der Waals surface area contributed by atoms with Crippen molar-refractivity contribution in [2.45, 2.75) is 83.7 Å². The first-order chi connectivity index (χ1) is 9.65. The van der Waals surface area contributed by atoms with Crippen LogP contribution in [-0.2, 0) is 9.59 Å². The van der Waals surface area contributed by atoms with E-state index in [1.165, 1.54) is 0 Å². The second-order valence-electron chi connectivity index (χ2n) is 7.58. The SMILES string of the molecule is CC(C)(C)CC(N)CC(=O)NC1(C(=O)O)CCCCCC1. The lowest BCUT2D eigenvalue weighted by molar-refractivity contribution is -0.148. The summed E-state index contributed by atoms with van der Waals surface area (Å²) in [5.41, 5.74) is 4.98. The number of carbonyl (C=O) groups excluding carboxylic acids is 1. The van der Waals surface area contributed by atoms with Gasteiger partial charge in [0.25, 0.3) is 0 Å². The van der Waals surface area contributed by atoms with Crippen LogP contribution < -0.4 is 11.1 Å². The van der Waals surface area contributed by atoms with Crippen LogP contribution >= 0.6 is 0 Å². The van der Waals surface area contributed by atoms with Gasteiger partial charge in [0.15, 0.2) is 0 Å². The summed E-state index contributed by atoms with van der Waals surface area (Å²) in [6.45, 7) is 6.23. The lowest BCUT2D eigenvalue weighted by Gasteiger charge is -2.30. The zero-order valence-electron chi connectivity index (χ0n) is 13.6. The maximum atomic E-state index is 12.2. The van der Waals surface area contributed by atoms with E-state index in [2.05, 4.69) is 26.1 Å². The first-order valence-electron chi connectivity index (χ1n) is 7.95. The molecule has 0 radical (unpaired) electrons. The number of carboxylic acids is 1. The minimum atomic E-state index is -1.09. The van der Waals surface area contributed by atoms with Crippen molar-refractivity contribution in [3.05, 3.63) is 0 Å². The normalized spacial score (nSPS) is 20.4. The Morgan fingerprint density at radius 2 is 1.71 bits per heavy atom. The van der Waals surface area contributed by atoms with Crippen molar-refractivity contribution < 1.29 is 14.7 Å². The van der Waals surface area contributed by atoms with E-state index < -0.39 is 11.5 Å². The fraction of sp³-hybridized carbons (Fsp3) is 0.875. The van der Waals surface area contributed by atoms with E-state index in [-0.39, 0.29) is 23.8 Å². The van der Waals surface area contributed by atoms with Crippen LogP contribution in [0, 0.1) is 5.41 Å². The zero-order chi connectivity index (χ0) is 16.1. The Hall–Kier alpha value is -1.10. The fourth-order valence-corrected chi connectivity index (χ4v) is 3.14. The number of aliphatic carboxylic acids is 1. The molecule has 1 rings (SSSR count). The average molecular weight is 298 g/mol. The highest BCUT2D eigenvalue weighted by Crippen LogP contribution is 2.28. The lowest BCUT2D eigenvalue weighted by Crippen LogP contribution is -2.55. The molecule has 1 amide bonds. The molecule has 0 saturated heterocycles. The molecule has 1 atom stereocenters. The summed E-state index contributed by atoms with van der Waals surface area (Å²) in [6, 6.07) is -0.235. The third kappa shape index (κ3) is 6.04. The molecule has 1 aliphatic carbocycles. The van der Waals surface area contributed by atoms with Crippen molar-refractivity contribution in [2.24, 2.45) is 11.1 Å². The average Bonchev–Trinajstić information content (AvgIpc) is 2.52.